The third-order valence-electron chi connectivity index (χ3n) is 7.21. The van der Waals surface area contributed by atoms with E-state index in [0.717, 1.165) is 36.9 Å². The summed E-state index contributed by atoms with van der Waals surface area (Å²) in [5.41, 5.74) is 2.94. The molecule has 41 heavy (non-hydrogen) atoms. The first kappa shape index (κ1) is 29.4. The number of halogens is 2. The summed E-state index contributed by atoms with van der Waals surface area (Å²) in [5.74, 6) is 0.926. The van der Waals surface area contributed by atoms with Gasteiger partial charge in [-0.2, -0.15) is 10.1 Å². The van der Waals surface area contributed by atoms with Gasteiger partial charge in [0, 0.05) is 31.0 Å². The van der Waals surface area contributed by atoms with E-state index in [1.165, 1.54) is 10.9 Å². The zero-order valence-corrected chi connectivity index (χ0v) is 25.4. The number of hydrogen-bond donors (Lipinski definition) is 2. The lowest BCUT2D eigenvalue weighted by atomic mass is 9.85. The lowest BCUT2D eigenvalue weighted by molar-refractivity contribution is 0.107. The van der Waals surface area contributed by atoms with E-state index < -0.39 is 22.1 Å². The Balaban J connectivity index is 1.42. The van der Waals surface area contributed by atoms with Crippen molar-refractivity contribution in [2.45, 2.75) is 63.5 Å². The Labute approximate surface area is 246 Å². The number of alkyl halides is 1. The molecule has 1 saturated carbocycles. The zero-order valence-electron chi connectivity index (χ0n) is 23.8. The van der Waals surface area contributed by atoms with E-state index in [1.54, 1.807) is 27.1 Å². The van der Waals surface area contributed by atoms with Gasteiger partial charge in [-0.1, -0.05) is 25.4 Å². The van der Waals surface area contributed by atoms with Crippen molar-refractivity contribution in [3.63, 3.8) is 0 Å². The second-order valence-corrected chi connectivity index (χ2v) is 13.4. The molecule has 2 aromatic heterocycles. The fourth-order valence-corrected chi connectivity index (χ4v) is 5.78. The van der Waals surface area contributed by atoms with Gasteiger partial charge in [0.2, 0.25) is 5.95 Å². The van der Waals surface area contributed by atoms with Crippen LogP contribution in [0.2, 0.25) is 5.02 Å². The highest BCUT2D eigenvalue weighted by Crippen LogP contribution is 2.40. The molecule has 1 aliphatic carbocycles. The van der Waals surface area contributed by atoms with Crippen LogP contribution in [0, 0.1) is 6.92 Å². The maximum absolute atomic E-state index is 15.1. The van der Waals surface area contributed by atoms with Gasteiger partial charge in [-0.15, -0.1) is 0 Å². The minimum atomic E-state index is -1.74. The molecule has 3 unspecified atom stereocenters. The smallest absolute Gasteiger partial charge is 0.271 e. The summed E-state index contributed by atoms with van der Waals surface area (Å²) in [6, 6.07) is 3.90. The zero-order chi connectivity index (χ0) is 29.4. The molecule has 0 radical (unpaired) electrons. The topological polar surface area (TPSA) is 114 Å². The summed E-state index contributed by atoms with van der Waals surface area (Å²) in [4.78, 5) is 23.7. The minimum absolute atomic E-state index is 0.0372. The molecule has 3 heterocycles. The van der Waals surface area contributed by atoms with Crippen LogP contribution in [0.3, 0.4) is 0 Å². The number of nitrogens with one attached hydrogen (secondary N) is 2. The molecule has 2 aliphatic rings. The van der Waals surface area contributed by atoms with Crippen molar-refractivity contribution >= 4 is 50.7 Å². The number of anilines is 4. The Morgan fingerprint density at radius 2 is 1.95 bits per heavy atom. The lowest BCUT2D eigenvalue weighted by Gasteiger charge is -2.33. The highest BCUT2D eigenvalue weighted by molar-refractivity contribution is 8.01. The van der Waals surface area contributed by atoms with E-state index in [-0.39, 0.29) is 39.8 Å². The normalized spacial score (nSPS) is 20.2. The van der Waals surface area contributed by atoms with Gasteiger partial charge >= 0.3 is 0 Å². The average Bonchev–Trinajstić information content (AvgIpc) is 3.66. The highest BCUT2D eigenvalue weighted by atomic mass is 35.5. The van der Waals surface area contributed by atoms with Crippen LogP contribution in [-0.4, -0.2) is 71.6 Å². The van der Waals surface area contributed by atoms with E-state index in [9.17, 15) is 9.00 Å². The maximum atomic E-state index is 15.1. The van der Waals surface area contributed by atoms with Crippen LogP contribution in [0.15, 0.2) is 24.5 Å². The molecule has 2 N–H and O–H groups in total. The lowest BCUT2D eigenvalue weighted by Crippen LogP contribution is -2.38. The monoisotopic (exact) mass is 603 g/mol. The SMILES string of the molecule is Cc1cc(Nc2ncc(Cl)c(Nc3cn(C)nc3C(=O)S(=O)C(C)C)n2)c(OC2CC2)cc1C1CCN(C)CC1F. The van der Waals surface area contributed by atoms with Gasteiger partial charge in [-0.25, -0.2) is 9.37 Å². The summed E-state index contributed by atoms with van der Waals surface area (Å²) >= 11 is 6.41. The van der Waals surface area contributed by atoms with E-state index >= 15 is 4.39 Å². The first-order valence-corrected chi connectivity index (χ1v) is 15.3. The quantitative estimate of drug-likeness (QED) is 0.338. The predicted octanol–water partition coefficient (Wildman–Crippen LogP) is 5.25. The van der Waals surface area contributed by atoms with Crippen molar-refractivity contribution < 1.29 is 18.1 Å². The van der Waals surface area contributed by atoms with Crippen molar-refractivity contribution in [2.75, 3.05) is 30.8 Å². The Kier molecular flexibility index (Phi) is 8.62. The van der Waals surface area contributed by atoms with Gasteiger partial charge in [0.15, 0.2) is 11.5 Å². The molecule has 13 heteroatoms. The number of ether oxygens (including phenoxy) is 1. The second-order valence-electron chi connectivity index (χ2n) is 11.0. The number of likely N-dealkylation sites (tertiary alicyclic amines) is 1. The van der Waals surface area contributed by atoms with Gasteiger partial charge in [-0.05, 0) is 63.0 Å². The summed E-state index contributed by atoms with van der Waals surface area (Å²) in [7, 11) is 1.86. The van der Waals surface area contributed by atoms with Crippen LogP contribution in [-0.2, 0) is 17.8 Å². The number of carbonyl (C=O) groups excluding carboxylic acids is 1. The molecule has 220 valence electrons. The number of carbonyl (C=O) groups is 1. The molecule has 10 nitrogen and oxygen atoms in total. The van der Waals surface area contributed by atoms with Crippen LogP contribution < -0.4 is 15.4 Å². The van der Waals surface area contributed by atoms with E-state index in [1.807, 2.05) is 31.0 Å². The molecule has 2 fully saturated rings. The Hall–Kier alpha value is -3.09. The molecule has 1 saturated heterocycles. The van der Waals surface area contributed by atoms with Crippen molar-refractivity contribution in [2.24, 2.45) is 7.05 Å². The van der Waals surface area contributed by atoms with E-state index in [4.69, 9.17) is 16.3 Å². The van der Waals surface area contributed by atoms with Crippen molar-refractivity contribution in [1.29, 1.82) is 0 Å². The number of nitrogens with zero attached hydrogens (tertiary/aromatic N) is 5. The third kappa shape index (κ3) is 6.70. The van der Waals surface area contributed by atoms with Gasteiger partial charge in [-0.3, -0.25) is 13.7 Å². The van der Waals surface area contributed by atoms with Crippen LogP contribution in [0.4, 0.5) is 27.5 Å². The van der Waals surface area contributed by atoms with E-state index in [0.29, 0.717) is 23.7 Å². The number of benzene rings is 1. The standard InChI is InChI=1S/C28H35ClFN7O3S/c1-15(2)41(39)27(38)25-23(14-37(5)35-25)32-26-20(29)12-31-28(34-26)33-22-10-16(3)19(11-24(22)40-17-6-7-17)18-8-9-36(4)13-21(18)30/h10-12,14-15,17-18,21H,6-9,13H2,1-5H3,(H2,31,32,33,34). The first-order valence-electron chi connectivity index (χ1n) is 13.7. The Morgan fingerprint density at radius 3 is 2.63 bits per heavy atom. The number of aryl methyl sites for hydroxylation is 2. The fraction of sp³-hybridized carbons (Fsp3) is 0.500. The maximum Gasteiger partial charge on any atom is 0.271 e. The average molecular weight is 604 g/mol. The van der Waals surface area contributed by atoms with Crippen LogP contribution >= 0.6 is 11.6 Å². The molecule has 1 aromatic carbocycles. The van der Waals surface area contributed by atoms with Gasteiger partial charge < -0.3 is 20.3 Å². The Morgan fingerprint density at radius 1 is 1.20 bits per heavy atom. The number of rotatable bonds is 9. The summed E-state index contributed by atoms with van der Waals surface area (Å²) < 4.78 is 35.2. The molecule has 0 spiro atoms. The molecular formula is C28H35ClFN7O3S. The highest BCUT2D eigenvalue weighted by Gasteiger charge is 2.32. The van der Waals surface area contributed by atoms with E-state index in [2.05, 4.69) is 25.7 Å². The fourth-order valence-electron chi connectivity index (χ4n) is 4.87. The third-order valence-corrected chi connectivity index (χ3v) is 8.90. The predicted molar refractivity (Wildman–Crippen MR) is 159 cm³/mol. The summed E-state index contributed by atoms with van der Waals surface area (Å²) in [5, 5.41) is 9.79. The van der Waals surface area contributed by atoms with Gasteiger partial charge in [0.1, 0.15) is 16.9 Å². The molecular weight excluding hydrogens is 569 g/mol. The summed E-state index contributed by atoms with van der Waals surface area (Å²) in [6.45, 7) is 6.65. The second kappa shape index (κ2) is 12.0. The number of hydrogen-bond acceptors (Lipinski definition) is 9. The largest absolute Gasteiger partial charge is 0.488 e. The van der Waals surface area contributed by atoms with Crippen molar-refractivity contribution in [3.8, 4) is 5.75 Å². The number of aromatic nitrogens is 4. The molecule has 0 amide bonds. The van der Waals surface area contributed by atoms with Gasteiger partial charge in [0.25, 0.3) is 5.12 Å². The van der Waals surface area contributed by atoms with Crippen molar-refractivity contribution in [3.05, 3.63) is 46.4 Å². The molecule has 3 aromatic rings. The van der Waals surface area contributed by atoms with Gasteiger partial charge in [0.05, 0.1) is 34.5 Å². The summed E-state index contributed by atoms with van der Waals surface area (Å²) in [6.07, 6.45) is 4.91. The Bertz CT molecular complexity index is 1480. The number of piperidine rings is 1. The molecule has 0 bridgehead atoms. The minimum Gasteiger partial charge on any atom is -0.488 e. The van der Waals surface area contributed by atoms with Crippen LogP contribution in [0.5, 0.6) is 5.75 Å². The molecule has 5 rings (SSSR count). The van der Waals surface area contributed by atoms with Crippen molar-refractivity contribution in [1.82, 2.24) is 24.6 Å². The molecule has 3 atom stereocenters. The van der Waals surface area contributed by atoms with Crippen LogP contribution in [0.25, 0.3) is 0 Å². The first-order chi connectivity index (χ1) is 19.5. The van der Waals surface area contributed by atoms with Crippen LogP contribution in [0.1, 0.15) is 60.6 Å². The molecule has 1 aliphatic heterocycles.